The zero-order chi connectivity index (χ0) is 14.2. The molecule has 2 amide bonds. The summed E-state index contributed by atoms with van der Waals surface area (Å²) in [7, 11) is 0. The molecule has 0 saturated carbocycles. The number of imide groups is 1. The van der Waals surface area contributed by atoms with Crippen molar-refractivity contribution in [3.8, 4) is 6.07 Å². The Labute approximate surface area is 108 Å². The van der Waals surface area contributed by atoms with E-state index in [0.29, 0.717) is 0 Å². The van der Waals surface area contributed by atoms with Crippen LogP contribution in [-0.4, -0.2) is 28.2 Å². The van der Waals surface area contributed by atoms with Gasteiger partial charge in [-0.05, 0) is 13.0 Å². The van der Waals surface area contributed by atoms with Gasteiger partial charge in [0, 0.05) is 18.7 Å². The van der Waals surface area contributed by atoms with E-state index in [1.807, 2.05) is 6.07 Å². The molecule has 7 heteroatoms. The molecule has 0 unspecified atom stereocenters. The van der Waals surface area contributed by atoms with E-state index in [4.69, 9.17) is 5.26 Å². The monoisotopic (exact) mass is 259 g/mol. The quantitative estimate of drug-likeness (QED) is 0.463. The molecule has 0 saturated heterocycles. The number of nitro benzene ring substituents is 1. The predicted octanol–water partition coefficient (Wildman–Crippen LogP) is 1.35. The molecule has 1 aromatic carbocycles. The molecule has 0 fully saturated rings. The van der Waals surface area contributed by atoms with Gasteiger partial charge in [-0.15, -0.1) is 0 Å². The van der Waals surface area contributed by atoms with E-state index in [9.17, 15) is 19.7 Å². The van der Waals surface area contributed by atoms with Crippen molar-refractivity contribution in [2.24, 2.45) is 5.92 Å². The smallest absolute Gasteiger partial charge is 0.270 e. The van der Waals surface area contributed by atoms with Crippen LogP contribution in [-0.2, 0) is 0 Å². The van der Waals surface area contributed by atoms with Crippen LogP contribution >= 0.6 is 0 Å². The summed E-state index contributed by atoms with van der Waals surface area (Å²) in [5.41, 5.74) is -0.0832. The lowest BCUT2D eigenvalue weighted by Crippen LogP contribution is -2.33. The van der Waals surface area contributed by atoms with Crippen molar-refractivity contribution in [2.45, 2.75) is 6.92 Å². The average Bonchev–Trinajstić information content (AvgIpc) is 2.63. The normalized spacial score (nSPS) is 15.1. The van der Waals surface area contributed by atoms with E-state index in [0.717, 1.165) is 11.0 Å². The van der Waals surface area contributed by atoms with Crippen LogP contribution in [0.2, 0.25) is 0 Å². The molecule has 0 spiro atoms. The summed E-state index contributed by atoms with van der Waals surface area (Å²) in [6.07, 6.45) is 0. The van der Waals surface area contributed by atoms with Crippen molar-refractivity contribution < 1.29 is 14.5 Å². The molecule has 96 valence electrons. The van der Waals surface area contributed by atoms with Gasteiger partial charge in [0.2, 0.25) is 0 Å². The van der Waals surface area contributed by atoms with Crippen molar-refractivity contribution in [1.82, 2.24) is 4.90 Å². The van der Waals surface area contributed by atoms with Crippen LogP contribution in [0.25, 0.3) is 0 Å². The minimum absolute atomic E-state index is 0.0172. The standard InChI is InChI=1S/C12H9N3O4/c1-7(5-13)6-14-11(16)9-3-2-8(15(18)19)4-10(9)12(14)17/h2-4,7H,6H2,1H3/t7-/m0/s1. The van der Waals surface area contributed by atoms with Crippen LogP contribution in [0, 0.1) is 27.4 Å². The number of non-ortho nitro benzene ring substituents is 1. The number of fused-ring (bicyclic) bond motifs is 1. The van der Waals surface area contributed by atoms with E-state index >= 15 is 0 Å². The highest BCUT2D eigenvalue weighted by Gasteiger charge is 2.37. The number of hydrogen-bond donors (Lipinski definition) is 0. The largest absolute Gasteiger partial charge is 0.273 e. The van der Waals surface area contributed by atoms with Crippen molar-refractivity contribution in [2.75, 3.05) is 6.54 Å². The van der Waals surface area contributed by atoms with Gasteiger partial charge in [-0.3, -0.25) is 24.6 Å². The molecule has 1 aliphatic rings. The molecule has 1 aliphatic heterocycles. The maximum absolute atomic E-state index is 12.0. The number of benzene rings is 1. The maximum atomic E-state index is 12.0. The Morgan fingerprint density at radius 1 is 1.37 bits per heavy atom. The first-order valence-electron chi connectivity index (χ1n) is 5.50. The molecule has 1 atom stereocenters. The van der Waals surface area contributed by atoms with E-state index in [2.05, 4.69) is 0 Å². The molecular formula is C12H9N3O4. The number of hydrogen-bond acceptors (Lipinski definition) is 5. The van der Waals surface area contributed by atoms with Gasteiger partial charge in [0.1, 0.15) is 0 Å². The van der Waals surface area contributed by atoms with Gasteiger partial charge in [0.25, 0.3) is 17.5 Å². The zero-order valence-electron chi connectivity index (χ0n) is 9.99. The average molecular weight is 259 g/mol. The molecule has 2 rings (SSSR count). The van der Waals surface area contributed by atoms with Crippen LogP contribution < -0.4 is 0 Å². The molecule has 0 aromatic heterocycles. The van der Waals surface area contributed by atoms with Gasteiger partial charge in [0.05, 0.1) is 28.0 Å². The molecule has 1 heterocycles. The van der Waals surface area contributed by atoms with Crippen LogP contribution in [0.15, 0.2) is 18.2 Å². The van der Waals surface area contributed by atoms with Gasteiger partial charge in [0.15, 0.2) is 0 Å². The molecule has 7 nitrogen and oxygen atoms in total. The highest BCUT2D eigenvalue weighted by atomic mass is 16.6. The first-order valence-corrected chi connectivity index (χ1v) is 5.50. The molecular weight excluding hydrogens is 250 g/mol. The van der Waals surface area contributed by atoms with E-state index in [1.165, 1.54) is 12.1 Å². The zero-order valence-corrected chi connectivity index (χ0v) is 9.99. The highest BCUT2D eigenvalue weighted by molar-refractivity contribution is 6.21. The fraction of sp³-hybridized carbons (Fsp3) is 0.250. The number of nitro groups is 1. The Kier molecular flexibility index (Phi) is 3.00. The fourth-order valence-electron chi connectivity index (χ4n) is 1.87. The van der Waals surface area contributed by atoms with Gasteiger partial charge in [-0.1, -0.05) is 0 Å². The fourth-order valence-corrected chi connectivity index (χ4v) is 1.87. The van der Waals surface area contributed by atoms with Crippen molar-refractivity contribution in [3.63, 3.8) is 0 Å². The summed E-state index contributed by atoms with van der Waals surface area (Å²) in [4.78, 5) is 34.9. The van der Waals surface area contributed by atoms with Gasteiger partial charge in [-0.2, -0.15) is 5.26 Å². The summed E-state index contributed by atoms with van der Waals surface area (Å²) in [5, 5.41) is 19.4. The minimum atomic E-state index is -0.626. The lowest BCUT2D eigenvalue weighted by atomic mass is 10.1. The van der Waals surface area contributed by atoms with Crippen LogP contribution in [0.5, 0.6) is 0 Å². The minimum Gasteiger partial charge on any atom is -0.273 e. The summed E-state index contributed by atoms with van der Waals surface area (Å²) in [5.74, 6) is -1.60. The second-order valence-electron chi connectivity index (χ2n) is 4.24. The number of nitrogens with zero attached hydrogens (tertiary/aromatic N) is 3. The molecule has 0 aliphatic carbocycles. The Morgan fingerprint density at radius 3 is 2.58 bits per heavy atom. The second kappa shape index (κ2) is 4.49. The van der Waals surface area contributed by atoms with Crippen LogP contribution in [0.4, 0.5) is 5.69 Å². The summed E-state index contributed by atoms with van der Waals surface area (Å²) in [6, 6.07) is 5.48. The van der Waals surface area contributed by atoms with Gasteiger partial charge in [-0.25, -0.2) is 0 Å². The number of nitriles is 1. The third kappa shape index (κ3) is 2.04. The van der Waals surface area contributed by atoms with Crippen molar-refractivity contribution in [1.29, 1.82) is 5.26 Å². The second-order valence-corrected chi connectivity index (χ2v) is 4.24. The lowest BCUT2D eigenvalue weighted by molar-refractivity contribution is -0.384. The number of carbonyl (C=O) groups is 2. The molecule has 0 bridgehead atoms. The molecule has 1 aromatic rings. The van der Waals surface area contributed by atoms with Gasteiger partial charge < -0.3 is 0 Å². The first-order chi connectivity index (χ1) is 8.95. The lowest BCUT2D eigenvalue weighted by Gasteiger charge is -2.14. The Bertz CT molecular complexity index is 632. The summed E-state index contributed by atoms with van der Waals surface area (Å²) >= 11 is 0. The Hall–Kier alpha value is -2.75. The topological polar surface area (TPSA) is 104 Å². The van der Waals surface area contributed by atoms with Gasteiger partial charge >= 0.3 is 0 Å². The highest BCUT2D eigenvalue weighted by Crippen LogP contribution is 2.27. The predicted molar refractivity (Wildman–Crippen MR) is 63.2 cm³/mol. The Balaban J connectivity index is 2.39. The first kappa shape index (κ1) is 12.7. The SMILES string of the molecule is C[C@@H](C#N)CN1C(=O)c2ccc([N+](=O)[O-])cc2C1=O. The molecule has 0 radical (unpaired) electrons. The van der Waals surface area contributed by atoms with Crippen molar-refractivity contribution >= 4 is 17.5 Å². The van der Waals surface area contributed by atoms with E-state index in [-0.39, 0.29) is 23.4 Å². The van der Waals surface area contributed by atoms with Crippen molar-refractivity contribution in [3.05, 3.63) is 39.4 Å². The number of rotatable bonds is 3. The van der Waals surface area contributed by atoms with Crippen LogP contribution in [0.1, 0.15) is 27.6 Å². The van der Waals surface area contributed by atoms with E-state index < -0.39 is 22.7 Å². The summed E-state index contributed by atoms with van der Waals surface area (Å²) < 4.78 is 0. The number of carbonyl (C=O) groups excluding carboxylic acids is 2. The van der Waals surface area contributed by atoms with E-state index in [1.54, 1.807) is 6.92 Å². The Morgan fingerprint density at radius 2 is 2.00 bits per heavy atom. The maximum Gasteiger partial charge on any atom is 0.270 e. The molecule has 19 heavy (non-hydrogen) atoms. The number of amides is 2. The van der Waals surface area contributed by atoms with Crippen LogP contribution in [0.3, 0.4) is 0 Å². The summed E-state index contributed by atoms with van der Waals surface area (Å²) in [6.45, 7) is 1.57. The third-order valence-electron chi connectivity index (χ3n) is 2.84. The molecule has 0 N–H and O–H groups in total. The third-order valence-corrected chi connectivity index (χ3v) is 2.84.